The molecule has 2 aromatic carbocycles. The van der Waals surface area contributed by atoms with Crippen LogP contribution < -0.4 is 4.74 Å². The molecule has 5 heteroatoms. The van der Waals surface area contributed by atoms with Gasteiger partial charge in [0.05, 0.1) is 17.6 Å². The van der Waals surface area contributed by atoms with E-state index in [4.69, 9.17) is 9.47 Å². The SMILES string of the molecule is CCOC(=O)COc1ccc(-c2nc3c(C)cccc3[nH]2)cc1. The number of para-hydroxylation sites is 1. The summed E-state index contributed by atoms with van der Waals surface area (Å²) in [6.45, 7) is 4.07. The zero-order valence-corrected chi connectivity index (χ0v) is 13.1. The number of fused-ring (bicyclic) bond motifs is 1. The second-order valence-corrected chi connectivity index (χ2v) is 5.17. The van der Waals surface area contributed by atoms with Crippen LogP contribution in [0.4, 0.5) is 0 Å². The van der Waals surface area contributed by atoms with E-state index in [1.54, 1.807) is 6.92 Å². The summed E-state index contributed by atoms with van der Waals surface area (Å²) in [7, 11) is 0. The molecule has 0 bridgehead atoms. The lowest BCUT2D eigenvalue weighted by molar-refractivity contribution is -0.145. The number of imidazole rings is 1. The first kappa shape index (κ1) is 15.1. The summed E-state index contributed by atoms with van der Waals surface area (Å²) in [6, 6.07) is 13.5. The molecule has 1 N–H and O–H groups in total. The third kappa shape index (κ3) is 3.34. The van der Waals surface area contributed by atoms with Gasteiger partial charge in [-0.05, 0) is 49.7 Å². The zero-order valence-electron chi connectivity index (χ0n) is 13.1. The van der Waals surface area contributed by atoms with Gasteiger partial charge in [0, 0.05) is 5.56 Å². The van der Waals surface area contributed by atoms with Crippen LogP contribution in [-0.2, 0) is 9.53 Å². The number of benzene rings is 2. The molecule has 0 spiro atoms. The molecule has 1 heterocycles. The Balaban J connectivity index is 1.75. The predicted octanol–water partition coefficient (Wildman–Crippen LogP) is 3.48. The van der Waals surface area contributed by atoms with E-state index in [1.165, 1.54) is 0 Å². The monoisotopic (exact) mass is 310 g/mol. The Hall–Kier alpha value is -2.82. The summed E-state index contributed by atoms with van der Waals surface area (Å²) < 4.78 is 10.2. The molecule has 118 valence electrons. The molecule has 0 saturated heterocycles. The molecule has 0 fully saturated rings. The quantitative estimate of drug-likeness (QED) is 0.733. The summed E-state index contributed by atoms with van der Waals surface area (Å²) in [4.78, 5) is 19.2. The van der Waals surface area contributed by atoms with Crippen molar-refractivity contribution in [2.75, 3.05) is 13.2 Å². The Morgan fingerprint density at radius 1 is 1.17 bits per heavy atom. The average Bonchev–Trinajstić information content (AvgIpc) is 2.99. The zero-order chi connectivity index (χ0) is 16.2. The average molecular weight is 310 g/mol. The Morgan fingerprint density at radius 3 is 2.65 bits per heavy atom. The minimum absolute atomic E-state index is 0.0863. The third-order valence-electron chi connectivity index (χ3n) is 3.50. The smallest absolute Gasteiger partial charge is 0.344 e. The molecular formula is C18H18N2O3. The molecule has 0 aliphatic heterocycles. The maximum Gasteiger partial charge on any atom is 0.344 e. The number of hydrogen-bond acceptors (Lipinski definition) is 4. The lowest BCUT2D eigenvalue weighted by atomic mass is 10.2. The molecule has 3 aromatic rings. The summed E-state index contributed by atoms with van der Waals surface area (Å²) in [5.74, 6) is 1.06. The van der Waals surface area contributed by atoms with Gasteiger partial charge in [0.15, 0.2) is 6.61 Å². The molecule has 0 atom stereocenters. The molecule has 0 aliphatic carbocycles. The molecule has 0 aliphatic rings. The maximum absolute atomic E-state index is 11.3. The van der Waals surface area contributed by atoms with Crippen molar-refractivity contribution in [1.29, 1.82) is 0 Å². The second-order valence-electron chi connectivity index (χ2n) is 5.17. The van der Waals surface area contributed by atoms with Crippen LogP contribution in [0.2, 0.25) is 0 Å². The van der Waals surface area contributed by atoms with Crippen molar-refractivity contribution < 1.29 is 14.3 Å². The van der Waals surface area contributed by atoms with Gasteiger partial charge in [0.2, 0.25) is 0 Å². The number of esters is 1. The van der Waals surface area contributed by atoms with Gasteiger partial charge in [-0.3, -0.25) is 0 Å². The summed E-state index contributed by atoms with van der Waals surface area (Å²) in [5.41, 5.74) is 4.09. The largest absolute Gasteiger partial charge is 0.482 e. The number of nitrogens with one attached hydrogen (secondary N) is 1. The fourth-order valence-electron chi connectivity index (χ4n) is 2.37. The van der Waals surface area contributed by atoms with Gasteiger partial charge in [-0.2, -0.15) is 0 Å². The van der Waals surface area contributed by atoms with E-state index in [0.29, 0.717) is 12.4 Å². The van der Waals surface area contributed by atoms with Crippen LogP contribution in [-0.4, -0.2) is 29.2 Å². The number of rotatable bonds is 5. The van der Waals surface area contributed by atoms with E-state index in [2.05, 4.69) is 9.97 Å². The lowest BCUT2D eigenvalue weighted by Crippen LogP contribution is -2.14. The molecule has 1 aromatic heterocycles. The highest BCUT2D eigenvalue weighted by atomic mass is 16.6. The Morgan fingerprint density at radius 2 is 1.96 bits per heavy atom. The first-order chi connectivity index (χ1) is 11.2. The van der Waals surface area contributed by atoms with Crippen LogP contribution in [0.25, 0.3) is 22.4 Å². The molecule has 0 unspecified atom stereocenters. The fraction of sp³-hybridized carbons (Fsp3) is 0.222. The van der Waals surface area contributed by atoms with E-state index in [-0.39, 0.29) is 12.6 Å². The van der Waals surface area contributed by atoms with Crippen molar-refractivity contribution >= 4 is 17.0 Å². The molecule has 23 heavy (non-hydrogen) atoms. The van der Waals surface area contributed by atoms with Crippen LogP contribution in [0.5, 0.6) is 5.75 Å². The van der Waals surface area contributed by atoms with Gasteiger partial charge in [-0.25, -0.2) is 9.78 Å². The minimum Gasteiger partial charge on any atom is -0.482 e. The van der Waals surface area contributed by atoms with Gasteiger partial charge in [-0.1, -0.05) is 12.1 Å². The van der Waals surface area contributed by atoms with E-state index in [0.717, 1.165) is 28.0 Å². The normalized spacial score (nSPS) is 10.7. The Bertz CT molecular complexity index is 822. The van der Waals surface area contributed by atoms with Gasteiger partial charge in [-0.15, -0.1) is 0 Å². The standard InChI is InChI=1S/C18H18N2O3/c1-3-22-16(21)11-23-14-9-7-13(8-10-14)18-19-15-6-4-5-12(2)17(15)20-18/h4-10H,3,11H2,1-2H3,(H,19,20). The maximum atomic E-state index is 11.3. The van der Waals surface area contributed by atoms with E-state index >= 15 is 0 Å². The van der Waals surface area contributed by atoms with Crippen LogP contribution in [0.3, 0.4) is 0 Å². The molecule has 0 radical (unpaired) electrons. The number of H-pyrrole nitrogens is 1. The first-order valence-corrected chi connectivity index (χ1v) is 7.51. The topological polar surface area (TPSA) is 64.2 Å². The predicted molar refractivity (Wildman–Crippen MR) is 88.4 cm³/mol. The van der Waals surface area contributed by atoms with Gasteiger partial charge in [0.25, 0.3) is 0 Å². The van der Waals surface area contributed by atoms with E-state index in [1.807, 2.05) is 49.4 Å². The highest BCUT2D eigenvalue weighted by Gasteiger charge is 2.08. The van der Waals surface area contributed by atoms with E-state index < -0.39 is 0 Å². The number of carbonyl (C=O) groups excluding carboxylic acids is 1. The molecule has 0 saturated carbocycles. The van der Waals surface area contributed by atoms with Crippen molar-refractivity contribution in [1.82, 2.24) is 9.97 Å². The number of aryl methyl sites for hydroxylation is 1. The number of aromatic amines is 1. The first-order valence-electron chi connectivity index (χ1n) is 7.51. The number of ether oxygens (including phenoxy) is 2. The van der Waals surface area contributed by atoms with Crippen molar-refractivity contribution in [2.24, 2.45) is 0 Å². The molecular weight excluding hydrogens is 292 g/mol. The lowest BCUT2D eigenvalue weighted by Gasteiger charge is -2.06. The Labute approximate surface area is 134 Å². The summed E-state index contributed by atoms with van der Waals surface area (Å²) in [6.07, 6.45) is 0. The van der Waals surface area contributed by atoms with Crippen molar-refractivity contribution in [3.05, 3.63) is 48.0 Å². The number of hydrogen-bond donors (Lipinski definition) is 1. The van der Waals surface area contributed by atoms with Crippen LogP contribution in [0.1, 0.15) is 12.5 Å². The van der Waals surface area contributed by atoms with Crippen LogP contribution in [0, 0.1) is 6.92 Å². The van der Waals surface area contributed by atoms with Gasteiger partial charge in [0.1, 0.15) is 11.6 Å². The highest BCUT2D eigenvalue weighted by Crippen LogP contribution is 2.24. The van der Waals surface area contributed by atoms with Crippen LogP contribution in [0.15, 0.2) is 42.5 Å². The second kappa shape index (κ2) is 6.52. The van der Waals surface area contributed by atoms with Crippen molar-refractivity contribution in [3.63, 3.8) is 0 Å². The minimum atomic E-state index is -0.371. The number of carbonyl (C=O) groups is 1. The van der Waals surface area contributed by atoms with E-state index in [9.17, 15) is 4.79 Å². The summed E-state index contributed by atoms with van der Waals surface area (Å²) in [5, 5.41) is 0. The summed E-state index contributed by atoms with van der Waals surface area (Å²) >= 11 is 0. The van der Waals surface area contributed by atoms with Crippen LogP contribution >= 0.6 is 0 Å². The van der Waals surface area contributed by atoms with Crippen molar-refractivity contribution in [3.8, 4) is 17.1 Å². The highest BCUT2D eigenvalue weighted by molar-refractivity contribution is 5.82. The number of nitrogens with zero attached hydrogens (tertiary/aromatic N) is 1. The fourth-order valence-corrected chi connectivity index (χ4v) is 2.37. The number of aromatic nitrogens is 2. The molecule has 3 rings (SSSR count). The molecule has 5 nitrogen and oxygen atoms in total. The van der Waals surface area contributed by atoms with Gasteiger partial charge < -0.3 is 14.5 Å². The van der Waals surface area contributed by atoms with Crippen molar-refractivity contribution in [2.45, 2.75) is 13.8 Å². The third-order valence-corrected chi connectivity index (χ3v) is 3.50. The Kier molecular flexibility index (Phi) is 4.28. The van der Waals surface area contributed by atoms with Gasteiger partial charge >= 0.3 is 5.97 Å². The molecule has 0 amide bonds.